The minimum absolute atomic E-state index is 0.0781. The Labute approximate surface area is 66.6 Å². The standard InChI is InChI=1S/C8H14N2O/c1-8(2,3)6-5-10-11-7(6)4-9/h5H,4,9H2,1-3H3. The zero-order valence-electron chi connectivity index (χ0n) is 7.22. The van der Waals surface area contributed by atoms with Crippen LogP contribution in [-0.2, 0) is 12.0 Å². The normalized spacial score (nSPS) is 12.0. The topological polar surface area (TPSA) is 52.0 Å². The minimum atomic E-state index is 0.0781. The number of hydrogen-bond acceptors (Lipinski definition) is 3. The minimum Gasteiger partial charge on any atom is -0.360 e. The molecule has 0 bridgehead atoms. The predicted molar refractivity (Wildman–Crippen MR) is 43.1 cm³/mol. The fourth-order valence-electron chi connectivity index (χ4n) is 1.02. The molecule has 1 aromatic rings. The molecule has 0 aliphatic rings. The maximum absolute atomic E-state index is 5.46. The molecule has 0 aliphatic carbocycles. The van der Waals surface area contributed by atoms with Crippen molar-refractivity contribution < 1.29 is 4.52 Å². The third kappa shape index (κ3) is 1.60. The molecule has 2 N–H and O–H groups in total. The van der Waals surface area contributed by atoms with Gasteiger partial charge < -0.3 is 10.3 Å². The van der Waals surface area contributed by atoms with Gasteiger partial charge in [0.2, 0.25) is 0 Å². The number of hydrogen-bond donors (Lipinski definition) is 1. The lowest BCUT2D eigenvalue weighted by atomic mass is 9.88. The Balaban J connectivity index is 3.02. The number of rotatable bonds is 1. The van der Waals surface area contributed by atoms with Crippen molar-refractivity contribution in [3.05, 3.63) is 17.5 Å². The molecule has 1 heterocycles. The van der Waals surface area contributed by atoms with Crippen molar-refractivity contribution in [2.24, 2.45) is 5.73 Å². The van der Waals surface area contributed by atoms with Gasteiger partial charge in [0.25, 0.3) is 0 Å². The second-order valence-electron chi connectivity index (χ2n) is 3.62. The lowest BCUT2D eigenvalue weighted by Gasteiger charge is -2.16. The van der Waals surface area contributed by atoms with Crippen molar-refractivity contribution in [1.29, 1.82) is 0 Å². The van der Waals surface area contributed by atoms with E-state index in [0.29, 0.717) is 6.54 Å². The summed E-state index contributed by atoms with van der Waals surface area (Å²) in [6.45, 7) is 6.75. The summed E-state index contributed by atoms with van der Waals surface area (Å²) in [7, 11) is 0. The van der Waals surface area contributed by atoms with Gasteiger partial charge in [-0.15, -0.1) is 0 Å². The van der Waals surface area contributed by atoms with Gasteiger partial charge in [0.05, 0.1) is 12.7 Å². The molecular weight excluding hydrogens is 140 g/mol. The van der Waals surface area contributed by atoms with E-state index >= 15 is 0 Å². The Morgan fingerprint density at radius 2 is 2.18 bits per heavy atom. The van der Waals surface area contributed by atoms with E-state index in [1.807, 2.05) is 0 Å². The van der Waals surface area contributed by atoms with Crippen molar-refractivity contribution in [3.8, 4) is 0 Å². The van der Waals surface area contributed by atoms with Crippen LogP contribution in [0.1, 0.15) is 32.1 Å². The van der Waals surface area contributed by atoms with Crippen molar-refractivity contribution >= 4 is 0 Å². The largest absolute Gasteiger partial charge is 0.360 e. The van der Waals surface area contributed by atoms with Crippen LogP contribution in [-0.4, -0.2) is 5.16 Å². The van der Waals surface area contributed by atoms with Gasteiger partial charge in [0.15, 0.2) is 5.76 Å². The van der Waals surface area contributed by atoms with Crippen molar-refractivity contribution in [1.82, 2.24) is 5.16 Å². The van der Waals surface area contributed by atoms with Crippen LogP contribution in [0.5, 0.6) is 0 Å². The van der Waals surface area contributed by atoms with E-state index in [9.17, 15) is 0 Å². The van der Waals surface area contributed by atoms with Gasteiger partial charge in [-0.2, -0.15) is 0 Å². The first-order valence-electron chi connectivity index (χ1n) is 3.70. The molecule has 0 atom stereocenters. The molecule has 0 radical (unpaired) electrons. The average molecular weight is 154 g/mol. The smallest absolute Gasteiger partial charge is 0.153 e. The van der Waals surface area contributed by atoms with Crippen LogP contribution in [0.3, 0.4) is 0 Å². The highest BCUT2D eigenvalue weighted by Crippen LogP contribution is 2.24. The molecule has 0 aromatic carbocycles. The highest BCUT2D eigenvalue weighted by Gasteiger charge is 2.20. The molecule has 0 saturated carbocycles. The Morgan fingerprint density at radius 3 is 2.55 bits per heavy atom. The number of nitrogens with two attached hydrogens (primary N) is 1. The lowest BCUT2D eigenvalue weighted by Crippen LogP contribution is -2.13. The highest BCUT2D eigenvalue weighted by molar-refractivity contribution is 5.21. The third-order valence-corrected chi connectivity index (χ3v) is 1.64. The molecule has 0 amide bonds. The van der Waals surface area contributed by atoms with Gasteiger partial charge >= 0.3 is 0 Å². The maximum Gasteiger partial charge on any atom is 0.153 e. The van der Waals surface area contributed by atoms with Gasteiger partial charge in [-0.3, -0.25) is 0 Å². The summed E-state index contributed by atoms with van der Waals surface area (Å²) in [6.07, 6.45) is 1.74. The molecule has 0 spiro atoms. The van der Waals surface area contributed by atoms with E-state index in [1.165, 1.54) is 0 Å². The molecule has 11 heavy (non-hydrogen) atoms. The average Bonchev–Trinajstić information content (AvgIpc) is 2.31. The SMILES string of the molecule is CC(C)(C)c1cnoc1CN. The summed E-state index contributed by atoms with van der Waals surface area (Å²) in [6, 6.07) is 0. The zero-order valence-corrected chi connectivity index (χ0v) is 7.22. The van der Waals surface area contributed by atoms with E-state index < -0.39 is 0 Å². The Bertz CT molecular complexity index is 234. The fraction of sp³-hybridized carbons (Fsp3) is 0.625. The summed E-state index contributed by atoms with van der Waals surface area (Å²) in [4.78, 5) is 0. The first-order chi connectivity index (χ1) is 5.05. The van der Waals surface area contributed by atoms with Crippen molar-refractivity contribution in [2.75, 3.05) is 0 Å². The van der Waals surface area contributed by atoms with Crippen molar-refractivity contribution in [3.63, 3.8) is 0 Å². The summed E-state index contributed by atoms with van der Waals surface area (Å²) >= 11 is 0. The van der Waals surface area contributed by atoms with Gasteiger partial charge in [-0.1, -0.05) is 25.9 Å². The molecule has 3 nitrogen and oxygen atoms in total. The quantitative estimate of drug-likeness (QED) is 0.665. The van der Waals surface area contributed by atoms with Crippen LogP contribution in [0.25, 0.3) is 0 Å². The molecule has 0 aliphatic heterocycles. The monoisotopic (exact) mass is 154 g/mol. The fourth-order valence-corrected chi connectivity index (χ4v) is 1.02. The third-order valence-electron chi connectivity index (χ3n) is 1.64. The molecule has 62 valence electrons. The van der Waals surface area contributed by atoms with E-state index in [-0.39, 0.29) is 5.41 Å². The Morgan fingerprint density at radius 1 is 1.55 bits per heavy atom. The lowest BCUT2D eigenvalue weighted by molar-refractivity contribution is 0.379. The van der Waals surface area contributed by atoms with Crippen LogP contribution in [0.2, 0.25) is 0 Å². The van der Waals surface area contributed by atoms with Gasteiger partial charge in [-0.05, 0) is 5.41 Å². The second kappa shape index (κ2) is 2.66. The van der Waals surface area contributed by atoms with Gasteiger partial charge in [0, 0.05) is 5.56 Å². The van der Waals surface area contributed by atoms with Crippen molar-refractivity contribution in [2.45, 2.75) is 32.7 Å². The number of nitrogens with zero attached hydrogens (tertiary/aromatic N) is 1. The molecule has 1 aromatic heterocycles. The van der Waals surface area contributed by atoms with Gasteiger partial charge in [-0.25, -0.2) is 0 Å². The highest BCUT2D eigenvalue weighted by atomic mass is 16.5. The molecule has 3 heteroatoms. The predicted octanol–water partition coefficient (Wildman–Crippen LogP) is 1.43. The van der Waals surface area contributed by atoms with Crippen LogP contribution >= 0.6 is 0 Å². The summed E-state index contributed by atoms with van der Waals surface area (Å²) in [5.41, 5.74) is 6.63. The van der Waals surface area contributed by atoms with Crippen LogP contribution in [0, 0.1) is 0 Å². The van der Waals surface area contributed by atoms with E-state index in [4.69, 9.17) is 10.3 Å². The first kappa shape index (κ1) is 8.27. The summed E-state index contributed by atoms with van der Waals surface area (Å²) < 4.78 is 4.97. The Kier molecular flexibility index (Phi) is 2.00. The van der Waals surface area contributed by atoms with E-state index in [0.717, 1.165) is 11.3 Å². The van der Waals surface area contributed by atoms with E-state index in [1.54, 1.807) is 6.20 Å². The molecule has 1 rings (SSSR count). The summed E-state index contributed by atoms with van der Waals surface area (Å²) in [5.74, 6) is 0.789. The molecule has 0 saturated heterocycles. The molecule has 0 fully saturated rings. The maximum atomic E-state index is 5.46. The van der Waals surface area contributed by atoms with Crippen LogP contribution in [0.15, 0.2) is 10.7 Å². The molecular formula is C8H14N2O. The van der Waals surface area contributed by atoms with Crippen LogP contribution in [0.4, 0.5) is 0 Å². The summed E-state index contributed by atoms with van der Waals surface area (Å²) in [5, 5.41) is 3.70. The number of aromatic nitrogens is 1. The van der Waals surface area contributed by atoms with Crippen LogP contribution < -0.4 is 5.73 Å². The first-order valence-corrected chi connectivity index (χ1v) is 3.70. The zero-order chi connectivity index (χ0) is 8.48. The molecule has 0 unspecified atom stereocenters. The Hall–Kier alpha value is -0.830. The van der Waals surface area contributed by atoms with Gasteiger partial charge in [0.1, 0.15) is 0 Å². The van der Waals surface area contributed by atoms with E-state index in [2.05, 4.69) is 25.9 Å². The second-order valence-corrected chi connectivity index (χ2v) is 3.62.